The summed E-state index contributed by atoms with van der Waals surface area (Å²) in [4.78, 5) is 25.3. The van der Waals surface area contributed by atoms with Crippen molar-refractivity contribution in [2.75, 3.05) is 5.32 Å². The Morgan fingerprint density at radius 2 is 2.00 bits per heavy atom. The van der Waals surface area contributed by atoms with Gasteiger partial charge in [-0.3, -0.25) is 9.78 Å². The minimum Gasteiger partial charge on any atom is -0.436 e. The third kappa shape index (κ3) is 3.60. The van der Waals surface area contributed by atoms with E-state index in [1.807, 2.05) is 24.3 Å². The van der Waals surface area contributed by atoms with Crippen LogP contribution in [0, 0.1) is 19.7 Å². The lowest BCUT2D eigenvalue weighted by molar-refractivity contribution is 0.0994. The first-order valence-corrected chi connectivity index (χ1v) is 9.80. The summed E-state index contributed by atoms with van der Waals surface area (Å²) >= 11 is 0. The van der Waals surface area contributed by atoms with E-state index in [-0.39, 0.29) is 11.4 Å². The van der Waals surface area contributed by atoms with Gasteiger partial charge in [0.2, 0.25) is 5.76 Å². The Bertz CT molecular complexity index is 1460. The minimum atomic E-state index is -0.493. The van der Waals surface area contributed by atoms with Crippen molar-refractivity contribution in [3.8, 4) is 16.9 Å². The highest BCUT2D eigenvalue weighted by Crippen LogP contribution is 2.24. The third-order valence-corrected chi connectivity index (χ3v) is 4.88. The number of amides is 1. The number of aryl methyl sites for hydroxylation is 2. The molecule has 0 saturated heterocycles. The average molecular weight is 428 g/mol. The monoisotopic (exact) mass is 428 g/mol. The van der Waals surface area contributed by atoms with Crippen molar-refractivity contribution in [3.63, 3.8) is 0 Å². The molecule has 8 nitrogen and oxygen atoms in total. The molecule has 0 aliphatic rings. The highest BCUT2D eigenvalue weighted by molar-refractivity contribution is 6.03. The highest BCUT2D eigenvalue weighted by Gasteiger charge is 2.17. The number of aromatic nitrogens is 5. The number of pyridine rings is 2. The standard InChI is InChI=1S/C23H17FN6O2/c1-13-21(32-14(2)27-13)23(31)28-17-6-7-18(24)20(10-17)30-12-16-9-15(11-26-22(16)29-30)19-5-3-4-8-25-19/h3-12H,1-2H3,(H,28,31). The Kier molecular flexibility index (Phi) is 4.70. The summed E-state index contributed by atoms with van der Waals surface area (Å²) in [6.07, 6.45) is 5.07. The summed E-state index contributed by atoms with van der Waals surface area (Å²) in [6, 6.07) is 11.7. The molecule has 0 aliphatic heterocycles. The Labute approximate surface area is 181 Å². The van der Waals surface area contributed by atoms with Gasteiger partial charge >= 0.3 is 0 Å². The van der Waals surface area contributed by atoms with Crippen molar-refractivity contribution in [2.45, 2.75) is 13.8 Å². The number of benzene rings is 1. The number of anilines is 1. The fourth-order valence-corrected chi connectivity index (χ4v) is 3.41. The van der Waals surface area contributed by atoms with Gasteiger partial charge in [0.1, 0.15) is 11.5 Å². The zero-order chi connectivity index (χ0) is 22.2. The van der Waals surface area contributed by atoms with Crippen LogP contribution in [0.5, 0.6) is 0 Å². The number of carbonyl (C=O) groups excluding carboxylic acids is 1. The first kappa shape index (κ1) is 19.6. The molecule has 1 aromatic carbocycles. The maximum atomic E-state index is 14.6. The molecular formula is C23H17FN6O2. The van der Waals surface area contributed by atoms with E-state index >= 15 is 0 Å². The molecule has 1 amide bonds. The minimum absolute atomic E-state index is 0.115. The van der Waals surface area contributed by atoms with Gasteiger partial charge in [-0.05, 0) is 43.3 Å². The molecule has 0 radical (unpaired) electrons. The van der Waals surface area contributed by atoms with Crippen molar-refractivity contribution in [1.29, 1.82) is 0 Å². The summed E-state index contributed by atoms with van der Waals surface area (Å²) in [6.45, 7) is 3.35. The van der Waals surface area contributed by atoms with Crippen LogP contribution >= 0.6 is 0 Å². The maximum Gasteiger partial charge on any atom is 0.293 e. The summed E-state index contributed by atoms with van der Waals surface area (Å²) in [5, 5.41) is 7.82. The number of rotatable bonds is 4. The molecule has 1 N–H and O–H groups in total. The van der Waals surface area contributed by atoms with Gasteiger partial charge in [0.15, 0.2) is 11.5 Å². The van der Waals surface area contributed by atoms with Crippen molar-refractivity contribution < 1.29 is 13.6 Å². The van der Waals surface area contributed by atoms with Gasteiger partial charge < -0.3 is 9.73 Å². The smallest absolute Gasteiger partial charge is 0.293 e. The van der Waals surface area contributed by atoms with E-state index in [4.69, 9.17) is 4.42 Å². The fourth-order valence-electron chi connectivity index (χ4n) is 3.41. The first-order chi connectivity index (χ1) is 15.5. The molecule has 5 aromatic rings. The number of halogens is 1. The van der Waals surface area contributed by atoms with Crippen molar-refractivity contribution in [3.05, 3.63) is 84.2 Å². The zero-order valence-electron chi connectivity index (χ0n) is 17.2. The normalized spacial score (nSPS) is 11.1. The second-order valence-corrected chi connectivity index (χ2v) is 7.19. The number of hydrogen-bond donors (Lipinski definition) is 1. The summed E-state index contributed by atoms with van der Waals surface area (Å²) in [5.41, 5.74) is 3.12. The van der Waals surface area contributed by atoms with Crippen LogP contribution in [-0.2, 0) is 0 Å². The summed E-state index contributed by atoms with van der Waals surface area (Å²) in [7, 11) is 0. The predicted octanol–water partition coefficient (Wildman–Crippen LogP) is 4.48. The van der Waals surface area contributed by atoms with Gasteiger partial charge in [-0.15, -0.1) is 5.10 Å². The van der Waals surface area contributed by atoms with E-state index < -0.39 is 11.7 Å². The van der Waals surface area contributed by atoms with Gasteiger partial charge in [-0.25, -0.2) is 19.0 Å². The number of hydrogen-bond acceptors (Lipinski definition) is 6. The molecular weight excluding hydrogens is 411 g/mol. The van der Waals surface area contributed by atoms with E-state index in [0.29, 0.717) is 22.9 Å². The van der Waals surface area contributed by atoms with Gasteiger partial charge in [-0.1, -0.05) is 6.07 Å². The molecule has 32 heavy (non-hydrogen) atoms. The van der Waals surface area contributed by atoms with Gasteiger partial charge in [-0.2, -0.15) is 0 Å². The number of nitrogens with zero attached hydrogens (tertiary/aromatic N) is 5. The van der Waals surface area contributed by atoms with Crippen LogP contribution in [-0.4, -0.2) is 30.6 Å². The SMILES string of the molecule is Cc1nc(C)c(C(=O)Nc2ccc(F)c(-n3cc4cc(-c5ccccn5)cnc4n3)c2)o1. The molecule has 4 aromatic heterocycles. The molecule has 9 heteroatoms. The molecule has 4 heterocycles. The van der Waals surface area contributed by atoms with E-state index in [1.165, 1.54) is 22.9 Å². The van der Waals surface area contributed by atoms with E-state index in [1.54, 1.807) is 32.4 Å². The van der Waals surface area contributed by atoms with Gasteiger partial charge in [0, 0.05) is 42.2 Å². The number of nitrogens with one attached hydrogen (secondary N) is 1. The lowest BCUT2D eigenvalue weighted by Gasteiger charge is -2.08. The molecule has 0 bridgehead atoms. The van der Waals surface area contributed by atoms with Gasteiger partial charge in [0.05, 0.1) is 11.4 Å². The predicted molar refractivity (Wildman–Crippen MR) is 116 cm³/mol. The Hall–Kier alpha value is -4.40. The van der Waals surface area contributed by atoms with Crippen LogP contribution in [0.4, 0.5) is 10.1 Å². The number of fused-ring (bicyclic) bond motifs is 1. The zero-order valence-corrected chi connectivity index (χ0v) is 17.2. The molecule has 158 valence electrons. The fraction of sp³-hybridized carbons (Fsp3) is 0.0870. The molecule has 0 unspecified atom stereocenters. The molecule has 0 saturated carbocycles. The molecule has 5 rings (SSSR count). The van der Waals surface area contributed by atoms with Crippen molar-refractivity contribution >= 4 is 22.6 Å². The van der Waals surface area contributed by atoms with Crippen LogP contribution in [0.15, 0.2) is 65.5 Å². The molecule has 0 atom stereocenters. The first-order valence-electron chi connectivity index (χ1n) is 9.80. The van der Waals surface area contributed by atoms with Crippen LogP contribution in [0.3, 0.4) is 0 Å². The highest BCUT2D eigenvalue weighted by atomic mass is 19.1. The molecule has 0 spiro atoms. The van der Waals surface area contributed by atoms with Crippen LogP contribution in [0.2, 0.25) is 0 Å². The number of oxazole rings is 1. The van der Waals surface area contributed by atoms with E-state index in [2.05, 4.69) is 25.4 Å². The van der Waals surface area contributed by atoms with Crippen LogP contribution in [0.25, 0.3) is 28.0 Å². The second kappa shape index (κ2) is 7.69. The quantitative estimate of drug-likeness (QED) is 0.453. The number of carbonyl (C=O) groups is 1. The lowest BCUT2D eigenvalue weighted by Crippen LogP contribution is -2.13. The van der Waals surface area contributed by atoms with Crippen molar-refractivity contribution in [1.82, 2.24) is 24.7 Å². The molecule has 0 fully saturated rings. The van der Waals surface area contributed by atoms with E-state index in [0.717, 1.165) is 16.6 Å². The topological polar surface area (TPSA) is 98.7 Å². The maximum absolute atomic E-state index is 14.6. The Balaban J connectivity index is 1.48. The average Bonchev–Trinajstić information content (AvgIpc) is 3.37. The van der Waals surface area contributed by atoms with Gasteiger partial charge in [0.25, 0.3) is 5.91 Å². The third-order valence-electron chi connectivity index (χ3n) is 4.88. The van der Waals surface area contributed by atoms with Crippen LogP contribution in [0.1, 0.15) is 22.1 Å². The Morgan fingerprint density at radius 3 is 2.75 bits per heavy atom. The summed E-state index contributed by atoms with van der Waals surface area (Å²) < 4.78 is 21.4. The largest absolute Gasteiger partial charge is 0.436 e. The summed E-state index contributed by atoms with van der Waals surface area (Å²) in [5.74, 6) is -0.446. The van der Waals surface area contributed by atoms with Crippen molar-refractivity contribution in [2.24, 2.45) is 0 Å². The van der Waals surface area contributed by atoms with E-state index in [9.17, 15) is 9.18 Å². The second-order valence-electron chi connectivity index (χ2n) is 7.19. The lowest BCUT2D eigenvalue weighted by atomic mass is 10.1. The molecule has 0 aliphatic carbocycles. The van der Waals surface area contributed by atoms with Crippen LogP contribution < -0.4 is 5.32 Å². The Morgan fingerprint density at radius 1 is 1.12 bits per heavy atom.